The summed E-state index contributed by atoms with van der Waals surface area (Å²) >= 11 is 0. The van der Waals surface area contributed by atoms with E-state index in [1.165, 1.54) is 18.0 Å². The molecule has 2 aromatic heterocycles. The van der Waals surface area contributed by atoms with Crippen molar-refractivity contribution in [3.05, 3.63) is 24.0 Å². The van der Waals surface area contributed by atoms with Crippen molar-refractivity contribution in [2.45, 2.75) is 57.5 Å². The molecule has 2 saturated carbocycles. The number of nitrogens with zero attached hydrogens (tertiary/aromatic N) is 4. The molecule has 1 aliphatic heterocycles. The highest BCUT2D eigenvalue weighted by Gasteiger charge is 2.59. The topological polar surface area (TPSA) is 69.2 Å². The van der Waals surface area contributed by atoms with Gasteiger partial charge in [-0.05, 0) is 50.7 Å². The number of ether oxygens (including phenoxy) is 1. The van der Waals surface area contributed by atoms with Crippen molar-refractivity contribution < 1.29 is 17.9 Å². The number of likely N-dealkylation sites (tertiary alicyclic amines) is 1. The van der Waals surface area contributed by atoms with Crippen LogP contribution in [0.1, 0.15) is 44.3 Å². The van der Waals surface area contributed by atoms with Gasteiger partial charge in [0.1, 0.15) is 6.17 Å². The molecule has 3 aliphatic rings. The second-order valence-corrected chi connectivity index (χ2v) is 9.01. The zero-order chi connectivity index (χ0) is 21.2. The van der Waals surface area contributed by atoms with E-state index < -0.39 is 12.8 Å². The van der Waals surface area contributed by atoms with Crippen molar-refractivity contribution >= 4 is 5.82 Å². The molecule has 5 rings (SSSR count). The summed E-state index contributed by atoms with van der Waals surface area (Å²) in [5.41, 5.74) is 8.11. The van der Waals surface area contributed by atoms with Gasteiger partial charge in [-0.2, -0.15) is 13.9 Å². The minimum Gasteiger partial charge on any atom is -0.431 e. The number of alkyl halides is 3. The molecule has 0 spiro atoms. The van der Waals surface area contributed by atoms with Gasteiger partial charge in [0.05, 0.1) is 5.69 Å². The van der Waals surface area contributed by atoms with E-state index in [1.807, 2.05) is 10.7 Å². The van der Waals surface area contributed by atoms with Gasteiger partial charge in [-0.1, -0.05) is 0 Å². The van der Waals surface area contributed by atoms with Crippen LogP contribution in [0.4, 0.5) is 19.0 Å². The standard InChI is InChI=1S/C21H26F3N5O/c1-10(2)29-17(19-14-4-13(5-15(14)19)28-8-12(22)9-28)6-16(27-29)11-3-18(30-21(23)24)20(25)26-7-11/h3,6-7,10,12-15,19,21H,4-5,8-9H2,1-2H3,(H2,25,26)/t13-,14+,15-,19-. The average Bonchev–Trinajstić information content (AvgIpc) is 3.03. The average molecular weight is 421 g/mol. The molecule has 4 atom stereocenters. The molecule has 0 unspecified atom stereocenters. The summed E-state index contributed by atoms with van der Waals surface area (Å²) in [5.74, 6) is 1.45. The van der Waals surface area contributed by atoms with Gasteiger partial charge in [-0.3, -0.25) is 9.58 Å². The number of hydrogen-bond acceptors (Lipinski definition) is 5. The molecule has 0 bridgehead atoms. The SMILES string of the molecule is CC(C)n1nc(-c2cnc(N)c(OC(F)F)c2)cc1[C@H]1[C@@H]2C[C@H](N3CC(F)C3)C[C@@H]21. The molecule has 0 amide bonds. The smallest absolute Gasteiger partial charge is 0.387 e. The Bertz CT molecular complexity index is 931. The first-order chi connectivity index (χ1) is 14.3. The summed E-state index contributed by atoms with van der Waals surface area (Å²) in [6.45, 7) is 2.35. The van der Waals surface area contributed by atoms with Crippen LogP contribution in [0.3, 0.4) is 0 Å². The highest BCUT2D eigenvalue weighted by molar-refractivity contribution is 5.64. The van der Waals surface area contributed by atoms with Crippen molar-refractivity contribution in [1.29, 1.82) is 0 Å². The van der Waals surface area contributed by atoms with Crippen LogP contribution in [0.15, 0.2) is 18.3 Å². The third kappa shape index (κ3) is 3.33. The highest BCUT2D eigenvalue weighted by Crippen LogP contribution is 2.64. The van der Waals surface area contributed by atoms with Crippen LogP contribution >= 0.6 is 0 Å². The Hall–Kier alpha value is -2.29. The first kappa shape index (κ1) is 19.7. The van der Waals surface area contributed by atoms with E-state index in [4.69, 9.17) is 10.8 Å². The number of rotatable bonds is 6. The third-order valence-electron chi connectivity index (χ3n) is 6.79. The Morgan fingerprint density at radius 3 is 2.47 bits per heavy atom. The van der Waals surface area contributed by atoms with Crippen molar-refractivity contribution in [1.82, 2.24) is 19.7 Å². The molecular weight excluding hydrogens is 395 g/mol. The largest absolute Gasteiger partial charge is 0.431 e. The minimum atomic E-state index is -2.97. The molecule has 30 heavy (non-hydrogen) atoms. The van der Waals surface area contributed by atoms with E-state index in [1.54, 1.807) is 0 Å². The molecule has 2 aliphatic carbocycles. The predicted octanol–water partition coefficient (Wildman–Crippen LogP) is 3.86. The maximum Gasteiger partial charge on any atom is 0.387 e. The lowest BCUT2D eigenvalue weighted by molar-refractivity contribution is -0.0494. The molecule has 3 fully saturated rings. The number of nitrogens with two attached hydrogens (primary N) is 1. The van der Waals surface area contributed by atoms with Crippen LogP contribution < -0.4 is 10.5 Å². The fourth-order valence-electron chi connectivity index (χ4n) is 5.30. The van der Waals surface area contributed by atoms with Crippen LogP contribution in [0.2, 0.25) is 0 Å². The van der Waals surface area contributed by atoms with Crippen LogP contribution in [0, 0.1) is 11.8 Å². The zero-order valence-electron chi connectivity index (χ0n) is 17.0. The summed E-state index contributed by atoms with van der Waals surface area (Å²) < 4.78 is 45.0. The Balaban J connectivity index is 1.37. The fraction of sp³-hybridized carbons (Fsp3) is 0.619. The van der Waals surface area contributed by atoms with Gasteiger partial charge in [0, 0.05) is 48.5 Å². The van der Waals surface area contributed by atoms with Gasteiger partial charge in [0.2, 0.25) is 0 Å². The van der Waals surface area contributed by atoms with Crippen molar-refractivity contribution in [3.8, 4) is 17.0 Å². The van der Waals surface area contributed by atoms with E-state index >= 15 is 0 Å². The predicted molar refractivity (Wildman–Crippen MR) is 106 cm³/mol. The normalized spacial score (nSPS) is 28.8. The quantitative estimate of drug-likeness (QED) is 0.767. The number of halogens is 3. The molecule has 0 radical (unpaired) electrons. The van der Waals surface area contributed by atoms with Crippen LogP contribution in [0.25, 0.3) is 11.3 Å². The van der Waals surface area contributed by atoms with Crippen LogP contribution in [-0.4, -0.2) is 51.6 Å². The molecule has 9 heteroatoms. The second kappa shape index (κ2) is 7.14. The Labute approximate surface area is 173 Å². The maximum absolute atomic E-state index is 13.2. The number of fused-ring (bicyclic) bond motifs is 1. The fourth-order valence-corrected chi connectivity index (χ4v) is 5.30. The molecule has 2 aromatic rings. The van der Waals surface area contributed by atoms with E-state index in [-0.39, 0.29) is 17.6 Å². The van der Waals surface area contributed by atoms with Crippen molar-refractivity contribution in [2.75, 3.05) is 18.8 Å². The van der Waals surface area contributed by atoms with E-state index in [0.717, 1.165) is 12.8 Å². The monoisotopic (exact) mass is 421 g/mol. The summed E-state index contributed by atoms with van der Waals surface area (Å²) in [7, 11) is 0. The molecule has 0 aromatic carbocycles. The molecule has 3 heterocycles. The van der Waals surface area contributed by atoms with E-state index in [0.29, 0.717) is 48.1 Å². The van der Waals surface area contributed by atoms with Crippen LogP contribution in [-0.2, 0) is 0 Å². The lowest BCUT2D eigenvalue weighted by Gasteiger charge is -2.40. The molecule has 162 valence electrons. The van der Waals surface area contributed by atoms with Crippen molar-refractivity contribution in [2.24, 2.45) is 11.8 Å². The Morgan fingerprint density at radius 2 is 1.87 bits per heavy atom. The molecule has 1 saturated heterocycles. The first-order valence-corrected chi connectivity index (χ1v) is 10.5. The zero-order valence-corrected chi connectivity index (χ0v) is 17.0. The summed E-state index contributed by atoms with van der Waals surface area (Å²) in [6, 6.07) is 4.19. The van der Waals surface area contributed by atoms with Crippen LogP contribution in [0.5, 0.6) is 5.75 Å². The number of pyridine rings is 1. The number of anilines is 1. The summed E-state index contributed by atoms with van der Waals surface area (Å²) in [4.78, 5) is 6.26. The van der Waals surface area contributed by atoms with E-state index in [2.05, 4.69) is 28.5 Å². The lowest BCUT2D eigenvalue weighted by Crippen LogP contribution is -2.53. The first-order valence-electron chi connectivity index (χ1n) is 10.5. The van der Waals surface area contributed by atoms with Crippen molar-refractivity contribution in [3.63, 3.8) is 0 Å². The van der Waals surface area contributed by atoms with Gasteiger partial charge < -0.3 is 10.5 Å². The highest BCUT2D eigenvalue weighted by atomic mass is 19.3. The minimum absolute atomic E-state index is 0.0770. The summed E-state index contributed by atoms with van der Waals surface area (Å²) in [5, 5.41) is 4.74. The number of hydrogen-bond donors (Lipinski definition) is 1. The third-order valence-corrected chi connectivity index (χ3v) is 6.79. The van der Waals surface area contributed by atoms with Gasteiger partial charge in [-0.15, -0.1) is 0 Å². The van der Waals surface area contributed by atoms with Gasteiger partial charge in [0.15, 0.2) is 11.6 Å². The summed E-state index contributed by atoms with van der Waals surface area (Å²) in [6.07, 6.45) is 3.09. The van der Waals surface area contributed by atoms with Gasteiger partial charge in [0.25, 0.3) is 0 Å². The lowest BCUT2D eigenvalue weighted by atomic mass is 9.99. The maximum atomic E-state index is 13.2. The molecule has 6 nitrogen and oxygen atoms in total. The van der Waals surface area contributed by atoms with Gasteiger partial charge in [-0.25, -0.2) is 9.37 Å². The number of aromatic nitrogens is 3. The molecule has 2 N–H and O–H groups in total. The Kier molecular flexibility index (Phi) is 4.68. The molecular formula is C21H26F3N5O. The van der Waals surface area contributed by atoms with Gasteiger partial charge >= 0.3 is 6.61 Å². The number of nitrogen functional groups attached to an aromatic ring is 1. The second-order valence-electron chi connectivity index (χ2n) is 9.01. The Morgan fingerprint density at radius 1 is 1.17 bits per heavy atom. The van der Waals surface area contributed by atoms with E-state index in [9.17, 15) is 13.2 Å².